The van der Waals surface area contributed by atoms with Gasteiger partial charge in [0, 0.05) is 17.1 Å². The van der Waals surface area contributed by atoms with Crippen molar-refractivity contribution < 1.29 is 22.7 Å². The fraction of sp³-hybridized carbons (Fsp3) is 0.0909. The molecule has 0 aliphatic rings. The van der Waals surface area contributed by atoms with Crippen molar-refractivity contribution in [3.05, 3.63) is 94.5 Å². The molecule has 0 atom stereocenters. The second-order valence-electron chi connectivity index (χ2n) is 6.34. The summed E-state index contributed by atoms with van der Waals surface area (Å²) in [6.45, 7) is -0.411. The Labute approximate surface area is 183 Å². The number of hydrogen-bond donors (Lipinski definition) is 0. The molecule has 0 radical (unpaired) electrons. The first-order valence-electron chi connectivity index (χ1n) is 8.89. The van der Waals surface area contributed by atoms with E-state index in [4.69, 9.17) is 4.74 Å². The molecule has 0 amide bonds. The molecule has 0 N–H and O–H groups in total. The Morgan fingerprint density at radius 1 is 0.900 bits per heavy atom. The Morgan fingerprint density at radius 2 is 1.57 bits per heavy atom. The van der Waals surface area contributed by atoms with Crippen LogP contribution in [0.15, 0.2) is 88.2 Å². The van der Waals surface area contributed by atoms with E-state index in [1.54, 1.807) is 54.6 Å². The highest BCUT2D eigenvalue weighted by molar-refractivity contribution is 9.10. The van der Waals surface area contributed by atoms with E-state index >= 15 is 0 Å². The van der Waals surface area contributed by atoms with E-state index in [0.717, 1.165) is 8.78 Å². The van der Waals surface area contributed by atoms with Crippen LogP contribution in [0.3, 0.4) is 0 Å². The van der Waals surface area contributed by atoms with E-state index in [9.17, 15) is 18.0 Å². The van der Waals surface area contributed by atoms with Crippen LogP contribution < -0.4 is 4.31 Å². The summed E-state index contributed by atoms with van der Waals surface area (Å²) in [6, 6.07) is 20.8. The van der Waals surface area contributed by atoms with Crippen LogP contribution in [0.5, 0.6) is 0 Å². The maximum atomic E-state index is 12.8. The third-order valence-corrected chi connectivity index (χ3v) is 6.64. The zero-order valence-electron chi connectivity index (χ0n) is 16.0. The van der Waals surface area contributed by atoms with Crippen molar-refractivity contribution in [3.8, 4) is 0 Å². The van der Waals surface area contributed by atoms with E-state index < -0.39 is 22.6 Å². The second kappa shape index (κ2) is 9.23. The normalized spacial score (nSPS) is 11.0. The fourth-order valence-corrected chi connectivity index (χ4v) is 4.25. The van der Waals surface area contributed by atoms with Gasteiger partial charge >= 0.3 is 5.97 Å². The molecule has 0 aromatic heterocycles. The van der Waals surface area contributed by atoms with E-state index in [-0.39, 0.29) is 16.2 Å². The molecule has 3 aromatic rings. The Kier molecular flexibility index (Phi) is 6.69. The average Bonchev–Trinajstić information content (AvgIpc) is 2.77. The topological polar surface area (TPSA) is 80.8 Å². The molecule has 0 saturated heterocycles. The van der Waals surface area contributed by atoms with Crippen molar-refractivity contribution in [3.63, 3.8) is 0 Å². The molecule has 0 bridgehead atoms. The minimum Gasteiger partial charge on any atom is -0.454 e. The van der Waals surface area contributed by atoms with Crippen LogP contribution in [-0.2, 0) is 14.8 Å². The number of ether oxygens (including phenoxy) is 1. The summed E-state index contributed by atoms with van der Waals surface area (Å²) >= 11 is 3.28. The highest BCUT2D eigenvalue weighted by Gasteiger charge is 2.22. The van der Waals surface area contributed by atoms with Gasteiger partial charge in [0.2, 0.25) is 0 Å². The summed E-state index contributed by atoms with van der Waals surface area (Å²) in [5, 5.41) is 0. The molecule has 154 valence electrons. The number of rotatable bonds is 7. The highest BCUT2D eigenvalue weighted by atomic mass is 79.9. The average molecular weight is 488 g/mol. The zero-order valence-corrected chi connectivity index (χ0v) is 18.4. The lowest BCUT2D eigenvalue weighted by Gasteiger charge is -2.19. The molecular formula is C22H18BrNO5S. The van der Waals surface area contributed by atoms with Crippen LogP contribution in [0, 0.1) is 0 Å². The van der Waals surface area contributed by atoms with Crippen LogP contribution in [0.25, 0.3) is 0 Å². The molecule has 3 aromatic carbocycles. The van der Waals surface area contributed by atoms with Gasteiger partial charge in [0.25, 0.3) is 10.0 Å². The Morgan fingerprint density at radius 3 is 2.20 bits per heavy atom. The third kappa shape index (κ3) is 4.95. The van der Waals surface area contributed by atoms with Gasteiger partial charge in [-0.2, -0.15) is 0 Å². The number of esters is 1. The predicted octanol–water partition coefficient (Wildman–Crippen LogP) is 4.31. The zero-order chi connectivity index (χ0) is 21.7. The lowest BCUT2D eigenvalue weighted by Crippen LogP contribution is -2.26. The Bertz CT molecular complexity index is 1160. The van der Waals surface area contributed by atoms with Crippen molar-refractivity contribution >= 4 is 43.4 Å². The maximum absolute atomic E-state index is 12.8. The Hall–Kier alpha value is -2.97. The third-order valence-electron chi connectivity index (χ3n) is 4.35. The molecule has 8 heteroatoms. The number of carbonyl (C=O) groups is 2. The monoisotopic (exact) mass is 487 g/mol. The van der Waals surface area contributed by atoms with E-state index in [1.165, 1.54) is 31.3 Å². The predicted molar refractivity (Wildman–Crippen MR) is 117 cm³/mol. The SMILES string of the molecule is CN(c1ccccc1)S(=O)(=O)c1ccc(C(=O)OCC(=O)c2cccc(Br)c2)cc1. The van der Waals surface area contributed by atoms with Gasteiger partial charge in [-0.05, 0) is 48.5 Å². The number of anilines is 1. The number of Topliss-reactive ketones (excluding diaryl/α,β-unsaturated/α-hetero) is 1. The molecular weight excluding hydrogens is 470 g/mol. The van der Waals surface area contributed by atoms with Crippen LogP contribution in [0.1, 0.15) is 20.7 Å². The quantitative estimate of drug-likeness (QED) is 0.366. The summed E-state index contributed by atoms with van der Waals surface area (Å²) in [6.07, 6.45) is 0. The molecule has 0 spiro atoms. The van der Waals surface area contributed by atoms with Crippen molar-refractivity contribution in [2.24, 2.45) is 0 Å². The summed E-state index contributed by atoms with van der Waals surface area (Å²) in [5.41, 5.74) is 1.09. The van der Waals surface area contributed by atoms with Gasteiger partial charge in [0.1, 0.15) is 0 Å². The maximum Gasteiger partial charge on any atom is 0.338 e. The van der Waals surface area contributed by atoms with Crippen molar-refractivity contribution in [2.75, 3.05) is 18.0 Å². The minimum absolute atomic E-state index is 0.0376. The molecule has 0 unspecified atom stereocenters. The molecule has 0 fully saturated rings. The summed E-state index contributed by atoms with van der Waals surface area (Å²) in [7, 11) is -2.32. The highest BCUT2D eigenvalue weighted by Crippen LogP contribution is 2.22. The number of nitrogens with zero attached hydrogens (tertiary/aromatic N) is 1. The van der Waals surface area contributed by atoms with Gasteiger partial charge in [-0.15, -0.1) is 0 Å². The number of hydrogen-bond acceptors (Lipinski definition) is 5. The molecule has 0 saturated carbocycles. The van der Waals surface area contributed by atoms with Crippen LogP contribution in [0.2, 0.25) is 0 Å². The molecule has 0 heterocycles. The second-order valence-corrected chi connectivity index (χ2v) is 9.23. The largest absolute Gasteiger partial charge is 0.454 e. The molecule has 30 heavy (non-hydrogen) atoms. The first-order valence-corrected chi connectivity index (χ1v) is 11.1. The van der Waals surface area contributed by atoms with Gasteiger partial charge in [-0.1, -0.05) is 46.3 Å². The number of sulfonamides is 1. The van der Waals surface area contributed by atoms with Gasteiger partial charge in [0.05, 0.1) is 16.1 Å². The molecule has 0 aliphatic carbocycles. The van der Waals surface area contributed by atoms with Gasteiger partial charge < -0.3 is 4.74 Å². The minimum atomic E-state index is -3.78. The number of para-hydroxylation sites is 1. The molecule has 6 nitrogen and oxygen atoms in total. The summed E-state index contributed by atoms with van der Waals surface area (Å²) in [5.74, 6) is -1.05. The van der Waals surface area contributed by atoms with Crippen molar-refractivity contribution in [1.29, 1.82) is 0 Å². The Balaban J connectivity index is 1.67. The number of halogens is 1. The number of ketones is 1. The number of carbonyl (C=O) groups excluding carboxylic acids is 2. The first-order chi connectivity index (χ1) is 14.3. The van der Waals surface area contributed by atoms with Crippen LogP contribution in [0.4, 0.5) is 5.69 Å². The number of benzene rings is 3. The standard InChI is InChI=1S/C22H18BrNO5S/c1-24(19-8-3-2-4-9-19)30(27,28)20-12-10-16(11-13-20)22(26)29-15-21(25)17-6-5-7-18(23)14-17/h2-14H,15H2,1H3. The van der Waals surface area contributed by atoms with E-state index in [0.29, 0.717) is 11.3 Å². The van der Waals surface area contributed by atoms with Crippen LogP contribution in [-0.4, -0.2) is 33.8 Å². The van der Waals surface area contributed by atoms with Gasteiger partial charge in [-0.25, -0.2) is 13.2 Å². The van der Waals surface area contributed by atoms with Gasteiger partial charge in [-0.3, -0.25) is 9.10 Å². The van der Waals surface area contributed by atoms with Crippen LogP contribution >= 0.6 is 15.9 Å². The van der Waals surface area contributed by atoms with E-state index in [1.807, 2.05) is 0 Å². The summed E-state index contributed by atoms with van der Waals surface area (Å²) in [4.78, 5) is 24.4. The van der Waals surface area contributed by atoms with Crippen molar-refractivity contribution in [2.45, 2.75) is 4.90 Å². The lowest BCUT2D eigenvalue weighted by molar-refractivity contribution is 0.0474. The lowest BCUT2D eigenvalue weighted by atomic mass is 10.1. The summed E-state index contributed by atoms with van der Waals surface area (Å²) < 4.78 is 32.5. The van der Waals surface area contributed by atoms with Gasteiger partial charge in [0.15, 0.2) is 12.4 Å². The van der Waals surface area contributed by atoms with E-state index in [2.05, 4.69) is 15.9 Å². The fourth-order valence-electron chi connectivity index (χ4n) is 2.66. The smallest absolute Gasteiger partial charge is 0.338 e. The first kappa shape index (κ1) is 21.7. The van der Waals surface area contributed by atoms with Crippen molar-refractivity contribution in [1.82, 2.24) is 0 Å². The molecule has 0 aliphatic heterocycles. The molecule has 3 rings (SSSR count).